The highest BCUT2D eigenvalue weighted by molar-refractivity contribution is 5.78. The summed E-state index contributed by atoms with van der Waals surface area (Å²) in [4.78, 5) is 11.5. The third kappa shape index (κ3) is 4.60. The molecule has 0 fully saturated rings. The van der Waals surface area contributed by atoms with Crippen LogP contribution in [-0.2, 0) is 23.6 Å². The van der Waals surface area contributed by atoms with Crippen LogP contribution < -0.4 is 0 Å². The highest BCUT2D eigenvalue weighted by Crippen LogP contribution is 2.36. The highest BCUT2D eigenvalue weighted by atomic mass is 19.4. The van der Waals surface area contributed by atoms with Gasteiger partial charge in [-0.15, -0.1) is 0 Å². The fourth-order valence-electron chi connectivity index (χ4n) is 1.66. The first-order chi connectivity index (χ1) is 9.82. The van der Waals surface area contributed by atoms with Crippen molar-refractivity contribution in [3.8, 4) is 0 Å². The minimum atomic E-state index is -5.01. The summed E-state index contributed by atoms with van der Waals surface area (Å²) in [6.07, 6.45) is -10.9. The smallest absolute Gasteiger partial charge is 0.272 e. The Morgan fingerprint density at radius 2 is 1.41 bits per heavy atom. The zero-order valence-electron chi connectivity index (χ0n) is 11.5. The van der Waals surface area contributed by atoms with Crippen molar-refractivity contribution < 1.29 is 35.6 Å². The lowest BCUT2D eigenvalue weighted by atomic mass is 10.0. The molecular weight excluding hydrogens is 319 g/mol. The number of carbonyl (C=O) groups is 1. The molecule has 0 radical (unpaired) electrons. The van der Waals surface area contributed by atoms with Crippen LogP contribution in [0.15, 0.2) is 18.2 Å². The monoisotopic (exact) mass is 331 g/mol. The molecule has 0 unspecified atom stereocenters. The minimum absolute atomic E-state index is 0.0519. The van der Waals surface area contributed by atoms with Gasteiger partial charge in [0, 0.05) is 0 Å². The molecule has 0 aliphatic carbocycles. The third-order valence-electron chi connectivity index (χ3n) is 2.69. The van der Waals surface area contributed by atoms with E-state index in [2.05, 4.69) is 0 Å². The quantitative estimate of drug-likeness (QED) is 0.594. The van der Waals surface area contributed by atoms with Gasteiger partial charge in [-0.1, -0.05) is 4.48 Å². The van der Waals surface area contributed by atoms with E-state index < -0.39 is 47.4 Å². The van der Waals surface area contributed by atoms with Crippen molar-refractivity contribution in [2.75, 3.05) is 0 Å². The van der Waals surface area contributed by atoms with Gasteiger partial charge in [-0.25, -0.2) is 0 Å². The van der Waals surface area contributed by atoms with Crippen LogP contribution in [0.4, 0.5) is 30.8 Å². The van der Waals surface area contributed by atoms with Crippen LogP contribution in [0.1, 0.15) is 30.5 Å². The van der Waals surface area contributed by atoms with Crippen molar-refractivity contribution in [3.05, 3.63) is 34.9 Å². The van der Waals surface area contributed by atoms with Crippen molar-refractivity contribution in [3.63, 3.8) is 0 Å². The molecule has 0 aliphatic rings. The van der Waals surface area contributed by atoms with E-state index in [1.165, 1.54) is 13.8 Å². The summed E-state index contributed by atoms with van der Waals surface area (Å²) >= 11 is 0. The Hall–Kier alpha value is -1.80. The average Bonchev–Trinajstić information content (AvgIpc) is 2.35. The third-order valence-corrected chi connectivity index (χ3v) is 2.69. The van der Waals surface area contributed by atoms with Crippen LogP contribution in [0.5, 0.6) is 0 Å². The van der Waals surface area contributed by atoms with Gasteiger partial charge in [0.25, 0.3) is 5.91 Å². The maximum atomic E-state index is 13.3. The lowest BCUT2D eigenvalue weighted by Gasteiger charge is -2.17. The number of carbonyl (C=O) groups excluding carboxylic acids is 1. The Balaban J connectivity index is 3.22. The predicted octanol–water partition coefficient (Wildman–Crippen LogP) is 4.39. The van der Waals surface area contributed by atoms with Crippen molar-refractivity contribution in [1.29, 1.82) is 0 Å². The number of hydrogen-bond donors (Lipinski definition) is 0. The maximum Gasteiger partial charge on any atom is 0.416 e. The van der Waals surface area contributed by atoms with E-state index in [1.54, 1.807) is 0 Å². The first kappa shape index (κ1) is 18.2. The second-order valence-corrected chi connectivity index (χ2v) is 4.89. The van der Waals surface area contributed by atoms with Crippen LogP contribution in [0.2, 0.25) is 0 Å². The molecular formula is C13H12F7NO. The molecule has 22 heavy (non-hydrogen) atoms. The normalized spacial score (nSPS) is 12.6. The summed E-state index contributed by atoms with van der Waals surface area (Å²) in [5.74, 6) is -1.22. The van der Waals surface area contributed by atoms with Gasteiger partial charge in [-0.2, -0.15) is 31.5 Å². The van der Waals surface area contributed by atoms with Crippen LogP contribution in [0.3, 0.4) is 0 Å². The van der Waals surface area contributed by atoms with E-state index >= 15 is 0 Å². The second kappa shape index (κ2) is 6.13. The van der Waals surface area contributed by atoms with E-state index in [4.69, 9.17) is 0 Å². The van der Waals surface area contributed by atoms with Gasteiger partial charge in [-0.3, -0.25) is 4.79 Å². The Morgan fingerprint density at radius 3 is 1.73 bits per heavy atom. The number of halogens is 7. The van der Waals surface area contributed by atoms with Crippen molar-refractivity contribution in [2.45, 2.75) is 38.7 Å². The number of benzene rings is 1. The van der Waals surface area contributed by atoms with Crippen LogP contribution in [-0.4, -0.2) is 17.1 Å². The second-order valence-electron chi connectivity index (χ2n) is 4.89. The molecule has 0 heterocycles. The lowest BCUT2D eigenvalue weighted by Crippen LogP contribution is -2.30. The van der Waals surface area contributed by atoms with Crippen molar-refractivity contribution in [1.82, 2.24) is 5.12 Å². The van der Waals surface area contributed by atoms with Crippen LogP contribution in [0, 0.1) is 0 Å². The summed E-state index contributed by atoms with van der Waals surface area (Å²) < 4.78 is 89.1. The van der Waals surface area contributed by atoms with E-state index in [0.29, 0.717) is 12.1 Å². The zero-order valence-corrected chi connectivity index (χ0v) is 11.5. The van der Waals surface area contributed by atoms with Crippen molar-refractivity contribution in [2.24, 2.45) is 0 Å². The Morgan fingerprint density at radius 1 is 1.00 bits per heavy atom. The molecule has 124 valence electrons. The molecule has 0 aliphatic heterocycles. The molecule has 1 rings (SSSR count). The molecule has 0 saturated carbocycles. The maximum absolute atomic E-state index is 13.3. The van der Waals surface area contributed by atoms with Gasteiger partial charge in [0.15, 0.2) is 0 Å². The Labute approximate surface area is 121 Å². The van der Waals surface area contributed by atoms with Gasteiger partial charge in [0.05, 0.1) is 23.6 Å². The topological polar surface area (TPSA) is 20.3 Å². The molecule has 0 atom stereocenters. The summed E-state index contributed by atoms with van der Waals surface area (Å²) in [5.41, 5.74) is -3.64. The summed E-state index contributed by atoms with van der Waals surface area (Å²) in [6.45, 7) is 2.62. The minimum Gasteiger partial charge on any atom is -0.272 e. The summed E-state index contributed by atoms with van der Waals surface area (Å²) in [7, 11) is 0. The van der Waals surface area contributed by atoms with Crippen LogP contribution in [0.25, 0.3) is 0 Å². The fourth-order valence-corrected chi connectivity index (χ4v) is 1.66. The molecule has 2 nitrogen and oxygen atoms in total. The van der Waals surface area contributed by atoms with Gasteiger partial charge < -0.3 is 0 Å². The molecule has 0 saturated heterocycles. The molecule has 0 spiro atoms. The first-order valence-corrected chi connectivity index (χ1v) is 6.08. The molecule has 9 heteroatoms. The molecule has 0 N–H and O–H groups in total. The fraction of sp³-hybridized carbons (Fsp3) is 0.462. The van der Waals surface area contributed by atoms with Gasteiger partial charge >= 0.3 is 12.4 Å². The van der Waals surface area contributed by atoms with Crippen LogP contribution >= 0.6 is 0 Å². The first-order valence-electron chi connectivity index (χ1n) is 6.08. The number of rotatable bonds is 3. The summed E-state index contributed by atoms with van der Waals surface area (Å²) in [6, 6.07) is -0.118. The largest absolute Gasteiger partial charge is 0.416 e. The van der Waals surface area contributed by atoms with E-state index in [1.807, 2.05) is 0 Å². The van der Waals surface area contributed by atoms with E-state index in [-0.39, 0.29) is 11.2 Å². The molecule has 1 aromatic rings. The molecule has 1 amide bonds. The molecule has 0 aromatic heterocycles. The molecule has 1 aromatic carbocycles. The van der Waals surface area contributed by atoms with Crippen molar-refractivity contribution >= 4 is 5.91 Å². The number of amides is 1. The lowest BCUT2D eigenvalue weighted by molar-refractivity contribution is -0.150. The number of alkyl halides is 6. The summed E-state index contributed by atoms with van der Waals surface area (Å²) in [5, 5.41) is -0.243. The standard InChI is InChI=1S/C13H12F7NO/c1-7(2)21(20)11(22)5-8-3-9(12(14,15)16)6-10(4-8)13(17,18)19/h3-4,6-7H,5H2,1-2H3. The van der Waals surface area contributed by atoms with Gasteiger partial charge in [0.1, 0.15) is 0 Å². The average molecular weight is 331 g/mol. The Kier molecular flexibility index (Phi) is 5.09. The SMILES string of the molecule is CC(C)N(F)C(=O)Cc1cc(C(F)(F)F)cc(C(F)(F)F)c1. The number of hydrogen-bond acceptors (Lipinski definition) is 1. The number of nitrogens with zero attached hydrogens (tertiary/aromatic N) is 1. The van der Waals surface area contributed by atoms with Gasteiger partial charge in [0.2, 0.25) is 0 Å². The zero-order chi connectivity index (χ0) is 17.3. The molecule has 0 bridgehead atoms. The van der Waals surface area contributed by atoms with E-state index in [9.17, 15) is 35.6 Å². The highest BCUT2D eigenvalue weighted by Gasteiger charge is 2.37. The van der Waals surface area contributed by atoms with Gasteiger partial charge in [-0.05, 0) is 37.6 Å². The predicted molar refractivity (Wildman–Crippen MR) is 63.2 cm³/mol. The van der Waals surface area contributed by atoms with E-state index in [0.717, 1.165) is 0 Å². The Bertz CT molecular complexity index is 516.